The van der Waals surface area contributed by atoms with E-state index < -0.39 is 11.7 Å². The van der Waals surface area contributed by atoms with Gasteiger partial charge in [0, 0.05) is 18.0 Å². The predicted octanol–water partition coefficient (Wildman–Crippen LogP) is 2.80. The smallest absolute Gasteiger partial charge is 0.382 e. The molecule has 6 nitrogen and oxygen atoms in total. The Bertz CT molecular complexity index is 925. The van der Waals surface area contributed by atoms with Crippen LogP contribution in [0.15, 0.2) is 42.7 Å². The normalized spacial score (nSPS) is 11.2. The predicted molar refractivity (Wildman–Crippen MR) is 78.7 cm³/mol. The van der Waals surface area contributed by atoms with Gasteiger partial charge in [-0.1, -0.05) is 12.1 Å². The van der Waals surface area contributed by atoms with Crippen molar-refractivity contribution in [1.29, 1.82) is 5.26 Å². The second-order valence-electron chi connectivity index (χ2n) is 4.76. The van der Waals surface area contributed by atoms with Crippen molar-refractivity contribution >= 4 is 5.82 Å². The van der Waals surface area contributed by atoms with Crippen LogP contribution in [0.1, 0.15) is 11.1 Å². The van der Waals surface area contributed by atoms with Crippen LogP contribution in [0, 0.1) is 11.3 Å². The number of nitriles is 1. The number of halogens is 3. The van der Waals surface area contributed by atoms with Crippen LogP contribution in [0.5, 0.6) is 0 Å². The minimum absolute atomic E-state index is 0.0357. The van der Waals surface area contributed by atoms with Crippen LogP contribution in [0.3, 0.4) is 0 Å². The minimum atomic E-state index is -4.50. The van der Waals surface area contributed by atoms with Gasteiger partial charge in [-0.25, -0.2) is 9.97 Å². The zero-order valence-corrected chi connectivity index (χ0v) is 12.0. The van der Waals surface area contributed by atoms with Crippen molar-refractivity contribution in [3.8, 4) is 23.3 Å². The molecule has 0 saturated heterocycles. The SMILES string of the molecule is N#Cc1c(-c2cccc(C(F)(F)F)c2)nn(-c2ncccn2)c1N. The second kappa shape index (κ2) is 5.66. The van der Waals surface area contributed by atoms with Crippen molar-refractivity contribution in [3.63, 3.8) is 0 Å². The Hall–Kier alpha value is -3.41. The van der Waals surface area contributed by atoms with E-state index in [4.69, 9.17) is 5.73 Å². The molecule has 0 aliphatic heterocycles. The van der Waals surface area contributed by atoms with Crippen molar-refractivity contribution in [2.75, 3.05) is 5.73 Å². The van der Waals surface area contributed by atoms with Crippen molar-refractivity contribution in [3.05, 3.63) is 53.9 Å². The van der Waals surface area contributed by atoms with Crippen LogP contribution in [0.25, 0.3) is 17.2 Å². The highest BCUT2D eigenvalue weighted by molar-refractivity contribution is 5.73. The number of alkyl halides is 3. The van der Waals surface area contributed by atoms with Gasteiger partial charge in [-0.2, -0.15) is 28.2 Å². The van der Waals surface area contributed by atoms with E-state index in [2.05, 4.69) is 15.1 Å². The molecule has 0 unspecified atom stereocenters. The highest BCUT2D eigenvalue weighted by atomic mass is 19.4. The second-order valence-corrected chi connectivity index (χ2v) is 4.76. The topological polar surface area (TPSA) is 93.4 Å². The Kier molecular flexibility index (Phi) is 3.65. The largest absolute Gasteiger partial charge is 0.416 e. The summed E-state index contributed by atoms with van der Waals surface area (Å²) in [7, 11) is 0. The monoisotopic (exact) mass is 330 g/mol. The Morgan fingerprint density at radius 3 is 2.46 bits per heavy atom. The van der Waals surface area contributed by atoms with E-state index in [1.807, 2.05) is 6.07 Å². The number of rotatable bonds is 2. The lowest BCUT2D eigenvalue weighted by Gasteiger charge is -2.07. The summed E-state index contributed by atoms with van der Waals surface area (Å²) in [5.74, 6) is 0.0702. The Morgan fingerprint density at radius 2 is 1.83 bits per heavy atom. The molecule has 0 amide bonds. The van der Waals surface area contributed by atoms with E-state index in [1.165, 1.54) is 24.5 Å². The molecule has 3 rings (SSSR count). The lowest BCUT2D eigenvalue weighted by Crippen LogP contribution is -2.06. The summed E-state index contributed by atoms with van der Waals surface area (Å²) in [4.78, 5) is 7.94. The van der Waals surface area contributed by atoms with Crippen LogP contribution in [-0.2, 0) is 6.18 Å². The molecule has 0 aliphatic carbocycles. The molecule has 9 heteroatoms. The van der Waals surface area contributed by atoms with Crippen LogP contribution < -0.4 is 5.73 Å². The van der Waals surface area contributed by atoms with Gasteiger partial charge in [0.1, 0.15) is 23.1 Å². The van der Waals surface area contributed by atoms with Gasteiger partial charge in [-0.15, -0.1) is 0 Å². The van der Waals surface area contributed by atoms with Crippen LogP contribution in [-0.4, -0.2) is 19.7 Å². The molecule has 0 aliphatic rings. The summed E-state index contributed by atoms with van der Waals surface area (Å²) in [6.45, 7) is 0. The third kappa shape index (κ3) is 2.65. The minimum Gasteiger partial charge on any atom is -0.382 e. The van der Waals surface area contributed by atoms with Gasteiger partial charge < -0.3 is 5.73 Å². The van der Waals surface area contributed by atoms with Crippen LogP contribution in [0.4, 0.5) is 19.0 Å². The van der Waals surface area contributed by atoms with Gasteiger partial charge in [0.15, 0.2) is 0 Å². The zero-order valence-electron chi connectivity index (χ0n) is 12.0. The third-order valence-electron chi connectivity index (χ3n) is 3.24. The first kappa shape index (κ1) is 15.5. The molecule has 0 spiro atoms. The fourth-order valence-corrected chi connectivity index (χ4v) is 2.14. The lowest BCUT2D eigenvalue weighted by molar-refractivity contribution is -0.137. The molecule has 0 atom stereocenters. The first-order valence-corrected chi connectivity index (χ1v) is 6.65. The highest BCUT2D eigenvalue weighted by Gasteiger charge is 2.31. The van der Waals surface area contributed by atoms with Gasteiger partial charge in [-0.05, 0) is 18.2 Å². The Balaban J connectivity index is 2.18. The number of hydrogen-bond donors (Lipinski definition) is 1. The molecule has 0 saturated carbocycles. The standard InChI is InChI=1S/C15H9F3N6/c16-15(17,18)10-4-1-3-9(7-10)12-11(8-19)13(20)24(23-12)14-21-5-2-6-22-14/h1-7H,20H2. The molecule has 0 bridgehead atoms. The molecule has 0 radical (unpaired) electrons. The van der Waals surface area contributed by atoms with Gasteiger partial charge in [-0.3, -0.25) is 0 Å². The number of anilines is 1. The number of aromatic nitrogens is 4. The van der Waals surface area contributed by atoms with E-state index in [9.17, 15) is 18.4 Å². The van der Waals surface area contributed by atoms with Crippen molar-refractivity contribution < 1.29 is 13.2 Å². The summed E-state index contributed by atoms with van der Waals surface area (Å²) in [5.41, 5.74) is 5.17. The lowest BCUT2D eigenvalue weighted by atomic mass is 10.1. The summed E-state index contributed by atoms with van der Waals surface area (Å²) in [5, 5.41) is 13.4. The zero-order chi connectivity index (χ0) is 17.3. The van der Waals surface area contributed by atoms with Crippen molar-refractivity contribution in [2.24, 2.45) is 0 Å². The first-order valence-electron chi connectivity index (χ1n) is 6.65. The summed E-state index contributed by atoms with van der Waals surface area (Å²) in [6.07, 6.45) is -1.58. The number of nitrogens with zero attached hydrogens (tertiary/aromatic N) is 5. The fourth-order valence-electron chi connectivity index (χ4n) is 2.14. The fraction of sp³-hybridized carbons (Fsp3) is 0.0667. The van der Waals surface area contributed by atoms with E-state index in [1.54, 1.807) is 6.07 Å². The summed E-state index contributed by atoms with van der Waals surface area (Å²) >= 11 is 0. The average molecular weight is 330 g/mol. The number of nitrogen functional groups attached to an aromatic ring is 1. The molecular formula is C15H9F3N6. The van der Waals surface area contributed by atoms with E-state index in [-0.39, 0.29) is 28.6 Å². The summed E-state index contributed by atoms with van der Waals surface area (Å²) in [6, 6.07) is 7.98. The Morgan fingerprint density at radius 1 is 1.12 bits per heavy atom. The van der Waals surface area contributed by atoms with Crippen molar-refractivity contribution in [1.82, 2.24) is 19.7 Å². The molecule has 2 heterocycles. The Labute approximate surface area is 134 Å². The summed E-state index contributed by atoms with van der Waals surface area (Å²) < 4.78 is 39.8. The average Bonchev–Trinajstić information content (AvgIpc) is 2.91. The van der Waals surface area contributed by atoms with E-state index in [0.717, 1.165) is 16.8 Å². The molecule has 2 N–H and O–H groups in total. The first-order chi connectivity index (χ1) is 11.4. The van der Waals surface area contributed by atoms with Crippen LogP contribution >= 0.6 is 0 Å². The quantitative estimate of drug-likeness (QED) is 0.780. The molecular weight excluding hydrogens is 321 g/mol. The van der Waals surface area contributed by atoms with Crippen LogP contribution in [0.2, 0.25) is 0 Å². The number of nitrogens with two attached hydrogens (primary N) is 1. The number of benzene rings is 1. The molecule has 3 aromatic rings. The molecule has 120 valence electrons. The third-order valence-corrected chi connectivity index (χ3v) is 3.24. The number of hydrogen-bond acceptors (Lipinski definition) is 5. The van der Waals surface area contributed by atoms with E-state index >= 15 is 0 Å². The molecule has 2 aromatic heterocycles. The maximum absolute atomic E-state index is 12.9. The maximum atomic E-state index is 12.9. The van der Waals surface area contributed by atoms with Gasteiger partial charge in [0.2, 0.25) is 0 Å². The van der Waals surface area contributed by atoms with Crippen molar-refractivity contribution in [2.45, 2.75) is 6.18 Å². The molecule has 0 fully saturated rings. The maximum Gasteiger partial charge on any atom is 0.416 e. The molecule has 1 aromatic carbocycles. The van der Waals surface area contributed by atoms with Gasteiger partial charge in [0.05, 0.1) is 5.56 Å². The molecule has 24 heavy (non-hydrogen) atoms. The van der Waals surface area contributed by atoms with Gasteiger partial charge in [0.25, 0.3) is 5.95 Å². The van der Waals surface area contributed by atoms with E-state index in [0.29, 0.717) is 0 Å². The highest BCUT2D eigenvalue weighted by Crippen LogP contribution is 2.34. The van der Waals surface area contributed by atoms with Gasteiger partial charge >= 0.3 is 6.18 Å².